The summed E-state index contributed by atoms with van der Waals surface area (Å²) in [5.41, 5.74) is 3.88. The van der Waals surface area contributed by atoms with Crippen LogP contribution >= 0.6 is 0 Å². The first-order valence-corrected chi connectivity index (χ1v) is 10.5. The molecule has 4 heteroatoms. The van der Waals surface area contributed by atoms with Gasteiger partial charge >= 0.3 is 5.97 Å². The summed E-state index contributed by atoms with van der Waals surface area (Å²) in [4.78, 5) is 11.4. The van der Waals surface area contributed by atoms with Gasteiger partial charge in [-0.1, -0.05) is 58.3 Å². The number of carbonyl (C=O) groups is 1. The molecule has 0 aromatic rings. The molecule has 0 saturated carbocycles. The molecule has 5 N–H and O–H groups in total. The molecule has 0 radical (unpaired) electrons. The fourth-order valence-electron chi connectivity index (χ4n) is 2.98. The Bertz CT molecular complexity index is 272. The summed E-state index contributed by atoms with van der Waals surface area (Å²) in [5.74, 6) is -0.146. The molecular formula is C20H44N2O2+2. The SMILES string of the molecule is CCCCCCCCCCCC[NH2+]CCCCC([NH3+])C(=O)OCC. The first kappa shape index (κ1) is 23.4. The van der Waals surface area contributed by atoms with Crippen molar-refractivity contribution >= 4 is 5.97 Å². The quantitative estimate of drug-likeness (QED) is 0.296. The Morgan fingerprint density at radius 3 is 1.88 bits per heavy atom. The van der Waals surface area contributed by atoms with Crippen molar-refractivity contribution in [1.29, 1.82) is 0 Å². The molecule has 0 spiro atoms. The summed E-state index contributed by atoms with van der Waals surface area (Å²) in [5, 5.41) is 2.42. The van der Waals surface area contributed by atoms with Gasteiger partial charge in [0.25, 0.3) is 0 Å². The molecule has 4 nitrogen and oxygen atoms in total. The van der Waals surface area contributed by atoms with Gasteiger partial charge < -0.3 is 15.8 Å². The van der Waals surface area contributed by atoms with Crippen LogP contribution < -0.4 is 11.1 Å². The second kappa shape index (κ2) is 18.7. The van der Waals surface area contributed by atoms with E-state index in [4.69, 9.17) is 4.74 Å². The molecule has 0 aliphatic carbocycles. The van der Waals surface area contributed by atoms with Crippen LogP contribution in [-0.4, -0.2) is 31.7 Å². The van der Waals surface area contributed by atoms with Crippen molar-refractivity contribution < 1.29 is 20.6 Å². The molecule has 144 valence electrons. The van der Waals surface area contributed by atoms with E-state index >= 15 is 0 Å². The Morgan fingerprint density at radius 1 is 0.833 bits per heavy atom. The Balaban J connectivity index is 3.14. The Morgan fingerprint density at radius 2 is 1.33 bits per heavy atom. The van der Waals surface area contributed by atoms with E-state index in [9.17, 15) is 4.79 Å². The van der Waals surface area contributed by atoms with Crippen LogP contribution in [0, 0.1) is 0 Å². The van der Waals surface area contributed by atoms with E-state index in [2.05, 4.69) is 18.0 Å². The highest BCUT2D eigenvalue weighted by Crippen LogP contribution is 2.09. The van der Waals surface area contributed by atoms with Crippen LogP contribution in [0.5, 0.6) is 0 Å². The molecule has 0 heterocycles. The first-order valence-electron chi connectivity index (χ1n) is 10.5. The Labute approximate surface area is 150 Å². The van der Waals surface area contributed by atoms with Crippen LogP contribution in [-0.2, 0) is 9.53 Å². The van der Waals surface area contributed by atoms with Crippen LogP contribution in [0.25, 0.3) is 0 Å². The molecule has 0 rings (SSSR count). The number of nitrogens with two attached hydrogens (primary N) is 1. The standard InChI is InChI=1S/C20H42N2O2/c1-3-5-6-7-8-9-10-11-12-14-17-22-18-15-13-16-19(21)20(23)24-4-2/h19,22H,3-18,21H2,1-2H3/p+2. The number of ether oxygens (including phenoxy) is 1. The summed E-state index contributed by atoms with van der Waals surface area (Å²) in [6.07, 6.45) is 17.1. The van der Waals surface area contributed by atoms with Gasteiger partial charge in [-0.05, 0) is 32.6 Å². The average Bonchev–Trinajstić information content (AvgIpc) is 2.58. The zero-order valence-corrected chi connectivity index (χ0v) is 16.5. The molecule has 0 aliphatic rings. The predicted octanol–water partition coefficient (Wildman–Crippen LogP) is 2.81. The van der Waals surface area contributed by atoms with E-state index in [1.807, 2.05) is 6.92 Å². The molecular weight excluding hydrogens is 300 g/mol. The maximum atomic E-state index is 11.4. The number of hydrogen-bond donors (Lipinski definition) is 2. The molecule has 0 aromatic carbocycles. The highest BCUT2D eigenvalue weighted by molar-refractivity contribution is 5.73. The van der Waals surface area contributed by atoms with Gasteiger partial charge in [0, 0.05) is 6.42 Å². The van der Waals surface area contributed by atoms with E-state index < -0.39 is 0 Å². The third-order valence-electron chi connectivity index (χ3n) is 4.59. The lowest BCUT2D eigenvalue weighted by Crippen LogP contribution is -2.84. The van der Waals surface area contributed by atoms with Gasteiger partial charge in [0.05, 0.1) is 19.7 Å². The van der Waals surface area contributed by atoms with Crippen molar-refractivity contribution in [3.63, 3.8) is 0 Å². The molecule has 0 saturated heterocycles. The fraction of sp³-hybridized carbons (Fsp3) is 0.950. The summed E-state index contributed by atoms with van der Waals surface area (Å²) in [6.45, 7) is 7.00. The number of quaternary nitrogens is 2. The maximum Gasteiger partial charge on any atom is 0.364 e. The van der Waals surface area contributed by atoms with Crippen molar-refractivity contribution in [1.82, 2.24) is 0 Å². The molecule has 0 aliphatic heterocycles. The highest BCUT2D eigenvalue weighted by atomic mass is 16.5. The Kier molecular flexibility index (Phi) is 18.2. The van der Waals surface area contributed by atoms with Crippen LogP contribution in [0.15, 0.2) is 0 Å². The van der Waals surface area contributed by atoms with E-state index in [0.29, 0.717) is 6.61 Å². The summed E-state index contributed by atoms with van der Waals surface area (Å²) >= 11 is 0. The lowest BCUT2D eigenvalue weighted by atomic mass is 10.1. The fourth-order valence-corrected chi connectivity index (χ4v) is 2.98. The topological polar surface area (TPSA) is 70.5 Å². The van der Waals surface area contributed by atoms with Crippen molar-refractivity contribution in [3.8, 4) is 0 Å². The van der Waals surface area contributed by atoms with Gasteiger partial charge in [0.1, 0.15) is 0 Å². The molecule has 1 atom stereocenters. The lowest BCUT2D eigenvalue weighted by Gasteiger charge is -2.07. The second-order valence-electron chi connectivity index (χ2n) is 6.99. The maximum absolute atomic E-state index is 11.4. The van der Waals surface area contributed by atoms with Crippen LogP contribution in [0.2, 0.25) is 0 Å². The largest absolute Gasteiger partial charge is 0.462 e. The second-order valence-corrected chi connectivity index (χ2v) is 6.99. The van der Waals surface area contributed by atoms with Crippen molar-refractivity contribution in [2.75, 3.05) is 19.7 Å². The normalized spacial score (nSPS) is 12.3. The lowest BCUT2D eigenvalue weighted by molar-refractivity contribution is -0.655. The van der Waals surface area contributed by atoms with Crippen LogP contribution in [0.1, 0.15) is 97.3 Å². The highest BCUT2D eigenvalue weighted by Gasteiger charge is 2.17. The molecule has 1 unspecified atom stereocenters. The van der Waals surface area contributed by atoms with E-state index in [-0.39, 0.29) is 12.0 Å². The van der Waals surface area contributed by atoms with Gasteiger partial charge in [-0.25, -0.2) is 4.79 Å². The van der Waals surface area contributed by atoms with E-state index in [1.165, 1.54) is 83.7 Å². The van der Waals surface area contributed by atoms with Crippen LogP contribution in [0.4, 0.5) is 0 Å². The molecule has 24 heavy (non-hydrogen) atoms. The van der Waals surface area contributed by atoms with Crippen molar-refractivity contribution in [3.05, 3.63) is 0 Å². The third-order valence-corrected chi connectivity index (χ3v) is 4.59. The molecule has 0 bridgehead atoms. The summed E-state index contributed by atoms with van der Waals surface area (Å²) in [6, 6.07) is -0.188. The van der Waals surface area contributed by atoms with Gasteiger partial charge in [0.2, 0.25) is 0 Å². The number of carbonyl (C=O) groups excluding carboxylic acids is 1. The summed E-state index contributed by atoms with van der Waals surface area (Å²) < 4.78 is 4.97. The zero-order valence-electron chi connectivity index (χ0n) is 16.5. The summed E-state index contributed by atoms with van der Waals surface area (Å²) in [7, 11) is 0. The zero-order chi connectivity index (χ0) is 17.9. The Hall–Kier alpha value is -0.610. The predicted molar refractivity (Wildman–Crippen MR) is 101 cm³/mol. The van der Waals surface area contributed by atoms with Crippen molar-refractivity contribution in [2.45, 2.75) is 103 Å². The van der Waals surface area contributed by atoms with Crippen molar-refractivity contribution in [2.24, 2.45) is 0 Å². The smallest absolute Gasteiger partial charge is 0.364 e. The van der Waals surface area contributed by atoms with Gasteiger partial charge in [-0.2, -0.15) is 0 Å². The third kappa shape index (κ3) is 16.3. The number of hydrogen-bond acceptors (Lipinski definition) is 2. The number of rotatable bonds is 18. The molecule has 0 aromatic heterocycles. The minimum atomic E-state index is -0.188. The van der Waals surface area contributed by atoms with E-state index in [1.54, 1.807) is 0 Å². The molecule has 0 amide bonds. The number of esters is 1. The molecule has 0 fully saturated rings. The number of unbranched alkanes of at least 4 members (excludes halogenated alkanes) is 10. The van der Waals surface area contributed by atoms with Gasteiger partial charge in [-0.15, -0.1) is 0 Å². The average molecular weight is 345 g/mol. The minimum Gasteiger partial charge on any atom is -0.462 e. The minimum absolute atomic E-state index is 0.146. The monoisotopic (exact) mass is 344 g/mol. The van der Waals surface area contributed by atoms with E-state index in [0.717, 1.165) is 12.8 Å². The van der Waals surface area contributed by atoms with Crippen LogP contribution in [0.3, 0.4) is 0 Å². The first-order chi connectivity index (χ1) is 11.7. The van der Waals surface area contributed by atoms with Gasteiger partial charge in [0.15, 0.2) is 6.04 Å². The van der Waals surface area contributed by atoms with Gasteiger partial charge in [-0.3, -0.25) is 0 Å².